The third kappa shape index (κ3) is 9.37. The number of esters is 1. The maximum Gasteiger partial charge on any atom is 0.410 e. The number of cyclic esters (lactones) is 1. The van der Waals surface area contributed by atoms with Crippen LogP contribution in [0.4, 0.5) is 15.0 Å². The third-order valence-corrected chi connectivity index (χ3v) is 12.8. The number of aliphatic hydroxyl groups is 1. The van der Waals surface area contributed by atoms with E-state index in [4.69, 9.17) is 29.4 Å². The van der Waals surface area contributed by atoms with Crippen LogP contribution in [0.15, 0.2) is 24.4 Å². The fraction of sp³-hybridized carbons (Fsp3) is 0.738. The number of nitrogen functional groups attached to an aromatic ring is 1. The minimum atomic E-state index is -3.19. The van der Waals surface area contributed by atoms with Crippen molar-refractivity contribution in [2.75, 3.05) is 33.5 Å². The van der Waals surface area contributed by atoms with Crippen molar-refractivity contribution in [3.63, 3.8) is 0 Å². The molecule has 17 nitrogen and oxygen atoms in total. The van der Waals surface area contributed by atoms with Crippen molar-refractivity contribution in [2.45, 2.75) is 154 Å². The summed E-state index contributed by atoms with van der Waals surface area (Å²) in [6, 6.07) is 3.91. The number of halogens is 1. The molecule has 0 bridgehead atoms. The van der Waals surface area contributed by atoms with Crippen molar-refractivity contribution in [3.05, 3.63) is 24.4 Å². The van der Waals surface area contributed by atoms with E-state index < -0.39 is 83.1 Å². The molecule has 0 aromatic carbocycles. The molecule has 0 aliphatic carbocycles. The summed E-state index contributed by atoms with van der Waals surface area (Å²) in [5.74, 6) is -5.52. The summed E-state index contributed by atoms with van der Waals surface area (Å²) in [5.41, 5.74) is 0.700. The number of Topliss-reactive ketones (excluding diaryl/α,β-unsaturated/α-hetero) is 2. The van der Waals surface area contributed by atoms with Crippen LogP contribution in [-0.4, -0.2) is 146 Å². The largest absolute Gasteiger partial charge is 0.455 e. The van der Waals surface area contributed by atoms with Crippen molar-refractivity contribution in [1.29, 1.82) is 0 Å². The summed E-state index contributed by atoms with van der Waals surface area (Å²) in [6.45, 7) is 13.1. The van der Waals surface area contributed by atoms with Crippen LogP contribution in [0.3, 0.4) is 0 Å². The first kappa shape index (κ1) is 47.0. The lowest BCUT2D eigenvalue weighted by atomic mass is 9.73. The number of hydrogen-bond acceptors (Lipinski definition) is 15. The monoisotopic (exact) mass is 845 g/mol. The summed E-state index contributed by atoms with van der Waals surface area (Å²) in [5, 5.41) is 19.8. The number of alkyl halides is 1. The summed E-state index contributed by atoms with van der Waals surface area (Å²) in [6.07, 6.45) is -2.71. The normalized spacial score (nSPS) is 37.1. The number of likely N-dealkylation sites (N-methyl/N-ethyl adjacent to an activating group) is 1. The van der Waals surface area contributed by atoms with Crippen LogP contribution >= 0.6 is 0 Å². The van der Waals surface area contributed by atoms with Crippen LogP contribution in [0.1, 0.15) is 87.5 Å². The lowest BCUT2D eigenvalue weighted by Gasteiger charge is -2.47. The van der Waals surface area contributed by atoms with E-state index in [0.717, 1.165) is 6.92 Å². The fourth-order valence-corrected chi connectivity index (χ4v) is 9.39. The standard InChI is InChI=1S/C42H64FN7O10/c1-12-30-42(8)34(50(39(55)60-42)19-14-13-18-49-22-28(46-47-49)27-16-15-17-31(44)45-27)25(4)32(51)23(2)21-40(6,56-11)36(26(5)35(53)41(7,43)38(54)58-30)59-37-33(52)29(48(9)10)20-24(3)57-37/h15-17,22-26,29-30,33-34,36-37,52H,12-14,18-21H2,1-11H3,(H2,44,45)/t23-,24-,25+,26+,29+,30-,33-,34?,36-,37+,40+,41+,42-/m1/s1. The molecule has 0 saturated carbocycles. The van der Waals surface area contributed by atoms with Crippen molar-refractivity contribution >= 4 is 29.4 Å². The van der Waals surface area contributed by atoms with E-state index in [1.165, 1.54) is 18.9 Å². The van der Waals surface area contributed by atoms with Crippen LogP contribution < -0.4 is 5.73 Å². The molecular weight excluding hydrogens is 781 g/mol. The van der Waals surface area contributed by atoms with E-state index >= 15 is 4.39 Å². The molecule has 3 fully saturated rings. The Labute approximate surface area is 351 Å². The van der Waals surface area contributed by atoms with Gasteiger partial charge in [0.15, 0.2) is 17.7 Å². The van der Waals surface area contributed by atoms with Gasteiger partial charge in [0.2, 0.25) is 0 Å². The molecule has 60 heavy (non-hydrogen) atoms. The Hall–Kier alpha value is -4.10. The van der Waals surface area contributed by atoms with Crippen LogP contribution in [0, 0.1) is 17.8 Å². The number of ketones is 2. The van der Waals surface area contributed by atoms with E-state index in [1.807, 2.05) is 25.9 Å². The summed E-state index contributed by atoms with van der Waals surface area (Å²) in [4.78, 5) is 64.3. The van der Waals surface area contributed by atoms with Crippen molar-refractivity contribution in [3.8, 4) is 11.4 Å². The number of aryl methyl sites for hydroxylation is 1. The zero-order valence-corrected chi connectivity index (χ0v) is 36.8. The molecule has 3 N–H and O–H groups in total. The number of fused-ring (bicyclic) bond motifs is 1. The van der Waals surface area contributed by atoms with Gasteiger partial charge in [-0.2, -0.15) is 0 Å². The number of carbonyl (C=O) groups excluding carboxylic acids is 4. The number of methoxy groups -OCH3 is 1. The first-order chi connectivity index (χ1) is 28.1. The Morgan fingerprint density at radius 2 is 1.72 bits per heavy atom. The molecule has 0 spiro atoms. The second kappa shape index (κ2) is 18.5. The van der Waals surface area contributed by atoms with Gasteiger partial charge in [0.05, 0.1) is 35.7 Å². The van der Waals surface area contributed by atoms with Gasteiger partial charge in [0, 0.05) is 44.0 Å². The summed E-state index contributed by atoms with van der Waals surface area (Å²) >= 11 is 0. The maximum atomic E-state index is 16.9. The fourth-order valence-electron chi connectivity index (χ4n) is 9.39. The minimum Gasteiger partial charge on any atom is -0.455 e. The Balaban J connectivity index is 1.45. The van der Waals surface area contributed by atoms with E-state index in [1.54, 1.807) is 63.7 Å². The highest BCUT2D eigenvalue weighted by molar-refractivity contribution is 6.08. The van der Waals surface area contributed by atoms with E-state index in [0.29, 0.717) is 43.0 Å². The van der Waals surface area contributed by atoms with Crippen molar-refractivity contribution in [2.24, 2.45) is 17.8 Å². The molecule has 334 valence electrons. The average molecular weight is 846 g/mol. The lowest BCUT2D eigenvalue weighted by molar-refractivity contribution is -0.295. The van der Waals surface area contributed by atoms with Gasteiger partial charge in [0.25, 0.3) is 5.67 Å². The Bertz CT molecular complexity index is 1860. The molecule has 3 saturated heterocycles. The van der Waals surface area contributed by atoms with Crippen molar-refractivity contribution in [1.82, 2.24) is 29.8 Å². The lowest BCUT2D eigenvalue weighted by Crippen LogP contribution is -2.61. The van der Waals surface area contributed by atoms with Gasteiger partial charge in [-0.25, -0.2) is 19.0 Å². The number of nitrogens with two attached hydrogens (primary N) is 1. The molecule has 1 unspecified atom stereocenters. The molecular formula is C42H64FN7O10. The topological polar surface area (TPSA) is 211 Å². The van der Waals surface area contributed by atoms with E-state index in [-0.39, 0.29) is 37.3 Å². The molecule has 18 heteroatoms. The van der Waals surface area contributed by atoms with Crippen LogP contribution in [0.2, 0.25) is 0 Å². The van der Waals surface area contributed by atoms with Gasteiger partial charge in [-0.3, -0.25) is 14.3 Å². The van der Waals surface area contributed by atoms with Gasteiger partial charge < -0.3 is 44.3 Å². The average Bonchev–Trinajstić information content (AvgIpc) is 3.78. The first-order valence-corrected chi connectivity index (χ1v) is 20.9. The summed E-state index contributed by atoms with van der Waals surface area (Å²) < 4.78 is 49.1. The molecule has 5 heterocycles. The first-order valence-electron chi connectivity index (χ1n) is 20.9. The SMILES string of the molecule is CC[C@H]1OC(=O)[C@@](C)(F)C(=O)[C@H](C)[C@@H](O[C@@H]2O[C@H](C)C[C@H](N(C)C)[C@H]2O)[C@@](C)(OC)C[C@@H](C)C(=O)[C@H](C)C2N(CCCCn3cc(-c4cccc(N)n4)nn3)C(=O)O[C@@]21C. The van der Waals surface area contributed by atoms with Gasteiger partial charge in [-0.05, 0) is 86.0 Å². The Morgan fingerprint density at radius 3 is 2.35 bits per heavy atom. The number of unbranched alkanes of at least 4 members (excludes halogenated alkanes) is 1. The Morgan fingerprint density at radius 1 is 1.03 bits per heavy atom. The molecule has 3 aliphatic rings. The number of pyridine rings is 1. The molecule has 3 aliphatic heterocycles. The number of aliphatic hydroxyl groups excluding tert-OH is 1. The predicted octanol–water partition coefficient (Wildman–Crippen LogP) is 4.00. The zero-order chi connectivity index (χ0) is 44.5. The highest BCUT2D eigenvalue weighted by Crippen LogP contribution is 2.44. The molecule has 1 amide bonds. The van der Waals surface area contributed by atoms with Gasteiger partial charge in [0.1, 0.15) is 29.5 Å². The highest BCUT2D eigenvalue weighted by atomic mass is 19.1. The summed E-state index contributed by atoms with van der Waals surface area (Å²) in [7, 11) is 5.03. The molecule has 5 rings (SSSR count). The Kier molecular flexibility index (Phi) is 14.5. The van der Waals surface area contributed by atoms with Crippen LogP contribution in [0.25, 0.3) is 11.4 Å². The van der Waals surface area contributed by atoms with Gasteiger partial charge >= 0.3 is 12.1 Å². The number of nitrogens with zero attached hydrogens (tertiary/aromatic N) is 6. The second-order valence-corrected chi connectivity index (χ2v) is 17.6. The molecule has 2 aromatic rings. The predicted molar refractivity (Wildman–Crippen MR) is 217 cm³/mol. The highest BCUT2D eigenvalue weighted by Gasteiger charge is 2.61. The minimum absolute atomic E-state index is 0.0156. The van der Waals surface area contributed by atoms with Crippen LogP contribution in [-0.2, 0) is 44.6 Å². The molecule has 0 radical (unpaired) electrons. The second-order valence-electron chi connectivity index (χ2n) is 17.6. The van der Waals surface area contributed by atoms with Gasteiger partial charge in [-0.1, -0.05) is 39.0 Å². The maximum absolute atomic E-state index is 16.9. The van der Waals surface area contributed by atoms with Crippen molar-refractivity contribution < 1.29 is 52.4 Å². The molecule has 13 atom stereocenters. The zero-order valence-electron chi connectivity index (χ0n) is 36.8. The number of aromatic nitrogens is 4. The number of anilines is 1. The number of amides is 1. The smallest absolute Gasteiger partial charge is 0.410 e. The number of carbonyl (C=O) groups is 4. The number of ether oxygens (including phenoxy) is 5. The number of hydrogen-bond donors (Lipinski definition) is 2. The quantitative estimate of drug-likeness (QED) is 0.186. The third-order valence-electron chi connectivity index (χ3n) is 12.8. The van der Waals surface area contributed by atoms with Gasteiger partial charge in [-0.15, -0.1) is 5.10 Å². The molecule has 2 aromatic heterocycles. The number of rotatable bonds is 11. The van der Waals surface area contributed by atoms with E-state index in [9.17, 15) is 24.3 Å². The van der Waals surface area contributed by atoms with Crippen LogP contribution in [0.5, 0.6) is 0 Å². The van der Waals surface area contributed by atoms with E-state index in [2.05, 4.69) is 15.3 Å².